The molecule has 0 bridgehead atoms. The van der Waals surface area contributed by atoms with Gasteiger partial charge < -0.3 is 10.2 Å². The van der Waals surface area contributed by atoms with Crippen molar-refractivity contribution in [1.82, 2.24) is 9.88 Å². The summed E-state index contributed by atoms with van der Waals surface area (Å²) >= 11 is 9.19. The van der Waals surface area contributed by atoms with Crippen LogP contribution in [0.25, 0.3) is 0 Å². The number of benzene rings is 1. The largest absolute Gasteiger partial charge is 0.344 e. The van der Waals surface area contributed by atoms with Gasteiger partial charge in [-0.2, -0.15) is 0 Å². The van der Waals surface area contributed by atoms with Crippen molar-refractivity contribution in [3.63, 3.8) is 0 Å². The lowest BCUT2D eigenvalue weighted by molar-refractivity contribution is 0.319. The molecule has 1 aromatic heterocycles. The number of thiocarbonyl (C=S) groups is 1. The fraction of sp³-hybridized carbons (Fsp3) is 0.300. The summed E-state index contributed by atoms with van der Waals surface area (Å²) in [5.41, 5.74) is 2.18. The summed E-state index contributed by atoms with van der Waals surface area (Å²) in [6, 6.07) is 12.2. The van der Waals surface area contributed by atoms with Gasteiger partial charge in [0.15, 0.2) is 5.11 Å². The Balaban J connectivity index is 1.70. The van der Waals surface area contributed by atoms with Crippen LogP contribution in [0.3, 0.4) is 0 Å². The first kappa shape index (κ1) is 18.1. The van der Waals surface area contributed by atoms with Gasteiger partial charge in [-0.3, -0.25) is 4.98 Å². The molecule has 0 spiro atoms. The number of anilines is 1. The number of nitrogens with zero attached hydrogens (tertiary/aromatic N) is 2. The van der Waals surface area contributed by atoms with Crippen LogP contribution in [0.2, 0.25) is 0 Å². The Bertz CT molecular complexity index is 715. The summed E-state index contributed by atoms with van der Waals surface area (Å²) in [5.74, 6) is 0.645. The fourth-order valence-electron chi connectivity index (χ4n) is 3.00. The molecule has 0 amide bonds. The van der Waals surface area contributed by atoms with Crippen molar-refractivity contribution in [2.45, 2.75) is 25.8 Å². The Kier molecular flexibility index (Phi) is 6.59. The van der Waals surface area contributed by atoms with Gasteiger partial charge in [0, 0.05) is 35.6 Å². The highest BCUT2D eigenvalue weighted by Crippen LogP contribution is 2.21. The molecule has 3 nitrogen and oxygen atoms in total. The quantitative estimate of drug-likeness (QED) is 0.522. The second kappa shape index (κ2) is 9.11. The number of aromatic nitrogens is 1. The van der Waals surface area contributed by atoms with Crippen LogP contribution in [0, 0.1) is 5.92 Å². The first-order valence-electron chi connectivity index (χ1n) is 8.56. The Morgan fingerprint density at radius 1 is 1.24 bits per heavy atom. The average molecular weight is 416 g/mol. The van der Waals surface area contributed by atoms with Crippen LogP contribution >= 0.6 is 28.1 Å². The molecule has 1 atom stereocenters. The van der Waals surface area contributed by atoms with Crippen molar-refractivity contribution >= 4 is 38.9 Å². The van der Waals surface area contributed by atoms with E-state index in [1.165, 1.54) is 12.0 Å². The highest BCUT2D eigenvalue weighted by atomic mass is 79.9. The lowest BCUT2D eigenvalue weighted by Crippen LogP contribution is -2.38. The lowest BCUT2D eigenvalue weighted by Gasteiger charge is -2.30. The van der Waals surface area contributed by atoms with Crippen LogP contribution in [-0.2, 0) is 6.54 Å². The van der Waals surface area contributed by atoms with Crippen molar-refractivity contribution in [2.75, 3.05) is 11.9 Å². The third kappa shape index (κ3) is 5.65. The van der Waals surface area contributed by atoms with Crippen LogP contribution in [0.4, 0.5) is 5.69 Å². The Morgan fingerprint density at radius 3 is 2.76 bits per heavy atom. The van der Waals surface area contributed by atoms with Crippen LogP contribution in [0.5, 0.6) is 0 Å². The molecule has 1 aliphatic rings. The predicted octanol–water partition coefficient (Wildman–Crippen LogP) is 5.40. The molecule has 0 saturated heterocycles. The first-order valence-corrected chi connectivity index (χ1v) is 9.76. The molecule has 5 heteroatoms. The van der Waals surface area contributed by atoms with Gasteiger partial charge in [-0.25, -0.2) is 0 Å². The van der Waals surface area contributed by atoms with E-state index in [1.54, 1.807) is 6.20 Å². The number of nitrogens with one attached hydrogen (secondary N) is 1. The molecule has 0 aliphatic heterocycles. The van der Waals surface area contributed by atoms with E-state index in [4.69, 9.17) is 12.2 Å². The fourth-order valence-corrected chi connectivity index (χ4v) is 3.52. The molecular formula is C20H22BrN3S. The molecule has 0 fully saturated rings. The van der Waals surface area contributed by atoms with Crippen LogP contribution < -0.4 is 5.32 Å². The predicted molar refractivity (Wildman–Crippen MR) is 111 cm³/mol. The summed E-state index contributed by atoms with van der Waals surface area (Å²) in [5, 5.41) is 4.14. The van der Waals surface area contributed by atoms with E-state index >= 15 is 0 Å². The minimum Gasteiger partial charge on any atom is -0.344 e. The van der Waals surface area contributed by atoms with E-state index in [0.29, 0.717) is 5.92 Å². The maximum atomic E-state index is 5.72. The third-order valence-corrected chi connectivity index (χ3v) is 5.22. The molecule has 1 unspecified atom stereocenters. The number of halogens is 1. The summed E-state index contributed by atoms with van der Waals surface area (Å²) in [4.78, 5) is 6.49. The Morgan fingerprint density at radius 2 is 2.08 bits per heavy atom. The topological polar surface area (TPSA) is 28.2 Å². The molecule has 1 N–H and O–H groups in total. The monoisotopic (exact) mass is 415 g/mol. The second-order valence-electron chi connectivity index (χ2n) is 6.33. The van der Waals surface area contributed by atoms with Crippen LogP contribution in [-0.4, -0.2) is 21.5 Å². The number of hydrogen-bond donors (Lipinski definition) is 1. The third-order valence-electron chi connectivity index (χ3n) is 4.34. The summed E-state index contributed by atoms with van der Waals surface area (Å²) in [7, 11) is 0. The maximum absolute atomic E-state index is 5.72. The highest BCUT2D eigenvalue weighted by molar-refractivity contribution is 9.10. The zero-order valence-electron chi connectivity index (χ0n) is 14.1. The molecule has 25 heavy (non-hydrogen) atoms. The van der Waals surface area contributed by atoms with Gasteiger partial charge >= 0.3 is 0 Å². The van der Waals surface area contributed by atoms with Gasteiger partial charge in [0.1, 0.15) is 0 Å². The molecule has 2 aromatic rings. The number of rotatable bonds is 5. The molecular weight excluding hydrogens is 394 g/mol. The number of hydrogen-bond acceptors (Lipinski definition) is 2. The minimum atomic E-state index is 0.645. The Hall–Kier alpha value is -1.72. The number of allylic oxidation sites excluding steroid dienone is 2. The second-order valence-corrected chi connectivity index (χ2v) is 7.63. The molecule has 130 valence electrons. The van der Waals surface area contributed by atoms with Crippen molar-refractivity contribution in [3.8, 4) is 0 Å². The van der Waals surface area contributed by atoms with Crippen molar-refractivity contribution in [2.24, 2.45) is 5.92 Å². The summed E-state index contributed by atoms with van der Waals surface area (Å²) < 4.78 is 1.06. The van der Waals surface area contributed by atoms with Crippen LogP contribution in [0.1, 0.15) is 24.8 Å². The van der Waals surface area contributed by atoms with Crippen LogP contribution in [0.15, 0.2) is 65.4 Å². The van der Waals surface area contributed by atoms with Gasteiger partial charge in [0.05, 0.1) is 0 Å². The normalized spacial score (nSPS) is 16.4. The molecule has 3 rings (SSSR count). The molecule has 1 heterocycles. The molecule has 0 radical (unpaired) electrons. The van der Waals surface area contributed by atoms with Gasteiger partial charge in [0.25, 0.3) is 0 Å². The number of pyridine rings is 1. The van der Waals surface area contributed by atoms with E-state index in [0.717, 1.165) is 41.2 Å². The summed E-state index contributed by atoms with van der Waals surface area (Å²) in [6.45, 7) is 1.73. The minimum absolute atomic E-state index is 0.645. The van der Waals surface area contributed by atoms with Gasteiger partial charge in [-0.1, -0.05) is 34.1 Å². The molecule has 1 aliphatic carbocycles. The zero-order chi connectivity index (χ0) is 17.5. The van der Waals surface area contributed by atoms with Gasteiger partial charge in [-0.15, -0.1) is 0 Å². The highest BCUT2D eigenvalue weighted by Gasteiger charge is 2.18. The van der Waals surface area contributed by atoms with Gasteiger partial charge in [0.2, 0.25) is 0 Å². The van der Waals surface area contributed by atoms with E-state index < -0.39 is 0 Å². The first-order chi connectivity index (χ1) is 12.2. The van der Waals surface area contributed by atoms with E-state index in [9.17, 15) is 0 Å². The van der Waals surface area contributed by atoms with Crippen molar-refractivity contribution < 1.29 is 0 Å². The van der Waals surface area contributed by atoms with Crippen molar-refractivity contribution in [3.05, 3.63) is 71.0 Å². The standard InChI is InChI=1S/C20H22BrN3S/c21-18-8-10-19(11-9-18)23-20(25)24(14-16-5-2-1-3-6-16)15-17-7-4-12-22-13-17/h1-2,4,7-13,16H,3,5-6,14-15H2,(H,23,25). The van der Waals surface area contributed by atoms with Crippen molar-refractivity contribution in [1.29, 1.82) is 0 Å². The zero-order valence-corrected chi connectivity index (χ0v) is 16.5. The summed E-state index contributed by atoms with van der Waals surface area (Å²) in [6.07, 6.45) is 11.8. The lowest BCUT2D eigenvalue weighted by atomic mass is 9.94. The molecule has 0 saturated carbocycles. The maximum Gasteiger partial charge on any atom is 0.173 e. The van der Waals surface area contributed by atoms with E-state index in [2.05, 4.69) is 49.3 Å². The average Bonchev–Trinajstić information content (AvgIpc) is 2.65. The SMILES string of the molecule is S=C(Nc1ccc(Br)cc1)N(Cc1cccnc1)CC1CC=CCC1. The van der Waals surface area contributed by atoms with Gasteiger partial charge in [-0.05, 0) is 73.3 Å². The van der Waals surface area contributed by atoms with E-state index in [-0.39, 0.29) is 0 Å². The smallest absolute Gasteiger partial charge is 0.173 e. The molecule has 1 aromatic carbocycles. The van der Waals surface area contributed by atoms with E-state index in [1.807, 2.05) is 36.5 Å². The Labute approximate surface area is 163 Å².